The molecule has 1 amide bonds. The molecule has 0 atom stereocenters. The SMILES string of the molecule is O=C(CN1c2cccc3cccc(c23)S1(=O)=O)Nc1ccc(-c2nccs2)cc1. The van der Waals surface area contributed by atoms with Crippen molar-refractivity contribution in [2.75, 3.05) is 16.2 Å². The summed E-state index contributed by atoms with van der Waals surface area (Å²) < 4.78 is 27.1. The number of hydrogen-bond donors (Lipinski definition) is 1. The van der Waals surface area contributed by atoms with Crippen LogP contribution in [0.2, 0.25) is 0 Å². The van der Waals surface area contributed by atoms with E-state index >= 15 is 0 Å². The molecule has 0 fully saturated rings. The number of rotatable bonds is 4. The molecule has 0 spiro atoms. The van der Waals surface area contributed by atoms with Crippen LogP contribution in [0.25, 0.3) is 21.3 Å². The van der Waals surface area contributed by atoms with E-state index in [9.17, 15) is 13.2 Å². The average Bonchev–Trinajstić information content (AvgIpc) is 3.32. The van der Waals surface area contributed by atoms with Crippen molar-refractivity contribution in [3.05, 3.63) is 72.2 Å². The molecule has 144 valence electrons. The molecule has 3 aromatic carbocycles. The lowest BCUT2D eigenvalue weighted by molar-refractivity contribution is -0.114. The third-order valence-corrected chi connectivity index (χ3v) is 7.44. The van der Waals surface area contributed by atoms with Crippen molar-refractivity contribution in [3.8, 4) is 10.6 Å². The summed E-state index contributed by atoms with van der Waals surface area (Å²) in [4.78, 5) is 17.1. The maximum atomic E-state index is 13.0. The first kappa shape index (κ1) is 17.8. The van der Waals surface area contributed by atoms with Crippen LogP contribution in [0.5, 0.6) is 0 Å². The maximum absolute atomic E-state index is 13.0. The van der Waals surface area contributed by atoms with Gasteiger partial charge in [-0.05, 0) is 41.8 Å². The van der Waals surface area contributed by atoms with Gasteiger partial charge in [-0.3, -0.25) is 9.10 Å². The first-order valence-corrected chi connectivity index (χ1v) is 11.2. The molecular formula is C21H15N3O3S2. The second kappa shape index (κ2) is 6.68. The maximum Gasteiger partial charge on any atom is 0.265 e. The Morgan fingerprint density at radius 3 is 2.52 bits per heavy atom. The van der Waals surface area contributed by atoms with Crippen LogP contribution in [0.3, 0.4) is 0 Å². The zero-order valence-corrected chi connectivity index (χ0v) is 16.7. The van der Waals surface area contributed by atoms with E-state index in [-0.39, 0.29) is 11.4 Å². The zero-order valence-electron chi connectivity index (χ0n) is 15.1. The van der Waals surface area contributed by atoms with Crippen molar-refractivity contribution in [1.82, 2.24) is 4.98 Å². The molecule has 0 bridgehead atoms. The van der Waals surface area contributed by atoms with Crippen LogP contribution in [0.15, 0.2) is 77.1 Å². The Labute approximate surface area is 171 Å². The normalized spacial score (nSPS) is 14.3. The molecule has 29 heavy (non-hydrogen) atoms. The largest absolute Gasteiger partial charge is 0.325 e. The highest BCUT2D eigenvalue weighted by molar-refractivity contribution is 7.93. The standard InChI is InChI=1S/C21H15N3O3S2/c25-19(23-16-9-7-15(8-10-16)21-22-11-12-28-21)13-24-17-5-1-3-14-4-2-6-18(20(14)17)29(24,26)27/h1-12H,13H2,(H,23,25). The number of carbonyl (C=O) groups excluding carboxylic acids is 1. The second-order valence-electron chi connectivity index (χ2n) is 6.61. The summed E-state index contributed by atoms with van der Waals surface area (Å²) in [6.07, 6.45) is 1.74. The molecule has 1 aromatic heterocycles. The number of nitrogens with zero attached hydrogens (tertiary/aromatic N) is 2. The fraction of sp³-hybridized carbons (Fsp3) is 0.0476. The van der Waals surface area contributed by atoms with Gasteiger partial charge in [0.15, 0.2) is 0 Å². The van der Waals surface area contributed by atoms with Gasteiger partial charge >= 0.3 is 0 Å². The summed E-state index contributed by atoms with van der Waals surface area (Å²) in [5.41, 5.74) is 2.09. The van der Waals surface area contributed by atoms with E-state index in [1.165, 1.54) is 15.6 Å². The topological polar surface area (TPSA) is 79.4 Å². The number of aromatic nitrogens is 1. The quantitative estimate of drug-likeness (QED) is 0.538. The summed E-state index contributed by atoms with van der Waals surface area (Å²) >= 11 is 1.54. The second-order valence-corrected chi connectivity index (χ2v) is 9.33. The Kier molecular flexibility index (Phi) is 4.11. The molecular weight excluding hydrogens is 406 g/mol. The molecule has 0 aliphatic carbocycles. The Hall–Kier alpha value is -3.23. The van der Waals surface area contributed by atoms with Gasteiger partial charge in [-0.1, -0.05) is 24.3 Å². The monoisotopic (exact) mass is 421 g/mol. The lowest BCUT2D eigenvalue weighted by atomic mass is 10.1. The van der Waals surface area contributed by atoms with Crippen LogP contribution in [-0.4, -0.2) is 25.9 Å². The first-order valence-electron chi connectivity index (χ1n) is 8.88. The fourth-order valence-corrected chi connectivity index (χ4v) is 5.83. The van der Waals surface area contributed by atoms with Crippen molar-refractivity contribution >= 4 is 49.4 Å². The minimum Gasteiger partial charge on any atom is -0.325 e. The number of hydrogen-bond acceptors (Lipinski definition) is 5. The van der Waals surface area contributed by atoms with Crippen LogP contribution in [-0.2, 0) is 14.8 Å². The molecule has 1 N–H and O–H groups in total. The van der Waals surface area contributed by atoms with Crippen molar-refractivity contribution in [2.45, 2.75) is 4.90 Å². The van der Waals surface area contributed by atoms with E-state index in [2.05, 4.69) is 10.3 Å². The predicted octanol–water partition coefficient (Wildman–Crippen LogP) is 4.11. The van der Waals surface area contributed by atoms with Crippen LogP contribution >= 0.6 is 11.3 Å². The van der Waals surface area contributed by atoms with Gasteiger partial charge in [0.05, 0.1) is 10.6 Å². The molecule has 0 unspecified atom stereocenters. The molecule has 0 radical (unpaired) electrons. The fourth-order valence-electron chi connectivity index (χ4n) is 3.52. The number of carbonyl (C=O) groups is 1. The lowest BCUT2D eigenvalue weighted by Gasteiger charge is -2.18. The van der Waals surface area contributed by atoms with Crippen molar-refractivity contribution < 1.29 is 13.2 Å². The van der Waals surface area contributed by atoms with E-state index in [4.69, 9.17) is 0 Å². The Bertz CT molecular complexity index is 1330. The smallest absolute Gasteiger partial charge is 0.265 e. The van der Waals surface area contributed by atoms with Gasteiger partial charge < -0.3 is 5.32 Å². The number of thiazole rings is 1. The van der Waals surface area contributed by atoms with E-state index in [1.807, 2.05) is 29.6 Å². The third-order valence-electron chi connectivity index (χ3n) is 4.82. The number of nitrogens with one attached hydrogen (secondary N) is 1. The van der Waals surface area contributed by atoms with Crippen LogP contribution < -0.4 is 9.62 Å². The Morgan fingerprint density at radius 2 is 1.79 bits per heavy atom. The lowest BCUT2D eigenvalue weighted by Crippen LogP contribution is -2.35. The van der Waals surface area contributed by atoms with Gasteiger partial charge in [0.1, 0.15) is 11.6 Å². The minimum atomic E-state index is -3.76. The summed E-state index contributed by atoms with van der Waals surface area (Å²) in [6, 6.07) is 17.9. The summed E-state index contributed by atoms with van der Waals surface area (Å²) in [7, 11) is -3.76. The summed E-state index contributed by atoms with van der Waals surface area (Å²) in [5.74, 6) is -0.402. The molecule has 0 saturated carbocycles. The summed E-state index contributed by atoms with van der Waals surface area (Å²) in [5, 5.41) is 7.08. The van der Waals surface area contributed by atoms with Crippen molar-refractivity contribution in [3.63, 3.8) is 0 Å². The molecule has 1 aliphatic heterocycles. The Balaban J connectivity index is 1.38. The van der Waals surface area contributed by atoms with Crippen LogP contribution in [0.1, 0.15) is 0 Å². The van der Waals surface area contributed by atoms with E-state index in [0.717, 1.165) is 16.0 Å². The molecule has 1 aliphatic rings. The van der Waals surface area contributed by atoms with Gasteiger partial charge in [-0.25, -0.2) is 13.4 Å². The minimum absolute atomic E-state index is 0.242. The molecule has 4 aromatic rings. The van der Waals surface area contributed by atoms with Crippen LogP contribution in [0, 0.1) is 0 Å². The predicted molar refractivity (Wildman–Crippen MR) is 115 cm³/mol. The highest BCUT2D eigenvalue weighted by Gasteiger charge is 2.36. The number of sulfonamides is 1. The Morgan fingerprint density at radius 1 is 1.03 bits per heavy atom. The van der Waals surface area contributed by atoms with Crippen molar-refractivity contribution in [2.24, 2.45) is 0 Å². The van der Waals surface area contributed by atoms with Gasteiger partial charge in [-0.2, -0.15) is 0 Å². The van der Waals surface area contributed by atoms with E-state index in [0.29, 0.717) is 16.8 Å². The molecule has 8 heteroatoms. The molecule has 0 saturated heterocycles. The molecule has 6 nitrogen and oxygen atoms in total. The average molecular weight is 422 g/mol. The number of amides is 1. The van der Waals surface area contributed by atoms with E-state index < -0.39 is 15.9 Å². The number of benzene rings is 3. The van der Waals surface area contributed by atoms with Gasteiger partial charge in [0.2, 0.25) is 5.91 Å². The number of anilines is 2. The van der Waals surface area contributed by atoms with Crippen molar-refractivity contribution in [1.29, 1.82) is 0 Å². The third kappa shape index (κ3) is 2.97. The molecule has 2 heterocycles. The van der Waals surface area contributed by atoms with Gasteiger partial charge in [0.25, 0.3) is 10.0 Å². The highest BCUT2D eigenvalue weighted by atomic mass is 32.2. The zero-order chi connectivity index (χ0) is 20.0. The van der Waals surface area contributed by atoms with Gasteiger partial charge in [0, 0.05) is 28.2 Å². The van der Waals surface area contributed by atoms with Crippen LogP contribution in [0.4, 0.5) is 11.4 Å². The van der Waals surface area contributed by atoms with E-state index in [1.54, 1.807) is 42.6 Å². The first-order chi connectivity index (χ1) is 14.0. The summed E-state index contributed by atoms with van der Waals surface area (Å²) in [6.45, 7) is -0.287. The molecule has 5 rings (SSSR count). The van der Waals surface area contributed by atoms with Gasteiger partial charge in [-0.15, -0.1) is 11.3 Å². The highest BCUT2D eigenvalue weighted by Crippen LogP contribution is 2.41.